The Balaban J connectivity index is 1.59. The third-order valence-corrected chi connectivity index (χ3v) is 5.59. The molecule has 2 amide bonds. The molecule has 8 heteroatoms. The summed E-state index contributed by atoms with van der Waals surface area (Å²) < 4.78 is 10.6. The lowest BCUT2D eigenvalue weighted by atomic mass is 9.98. The van der Waals surface area contributed by atoms with Gasteiger partial charge in [-0.05, 0) is 28.7 Å². The van der Waals surface area contributed by atoms with Crippen molar-refractivity contribution in [3.63, 3.8) is 0 Å². The van der Waals surface area contributed by atoms with Gasteiger partial charge in [0.25, 0.3) is 0 Å². The number of carboxylic acids is 1. The van der Waals surface area contributed by atoms with Crippen LogP contribution in [-0.2, 0) is 19.1 Å². The van der Waals surface area contributed by atoms with Crippen molar-refractivity contribution in [2.75, 3.05) is 20.3 Å². The van der Waals surface area contributed by atoms with Gasteiger partial charge in [0.1, 0.15) is 12.6 Å². The molecule has 8 nitrogen and oxygen atoms in total. The van der Waals surface area contributed by atoms with Crippen LogP contribution in [0.2, 0.25) is 0 Å². The number of fused-ring (bicyclic) bond motifs is 3. The molecule has 3 rings (SSSR count). The van der Waals surface area contributed by atoms with Crippen LogP contribution in [0.5, 0.6) is 0 Å². The van der Waals surface area contributed by atoms with Gasteiger partial charge >= 0.3 is 12.1 Å². The number of alkyl carbamates (subject to hydrolysis) is 1. The van der Waals surface area contributed by atoms with Gasteiger partial charge in [0.2, 0.25) is 5.91 Å². The number of benzene rings is 2. The maximum absolute atomic E-state index is 12.5. The van der Waals surface area contributed by atoms with Gasteiger partial charge in [0, 0.05) is 19.6 Å². The number of carbonyl (C=O) groups is 3. The summed E-state index contributed by atoms with van der Waals surface area (Å²) in [6.07, 6.45) is 0.0620. The van der Waals surface area contributed by atoms with E-state index in [1.54, 1.807) is 0 Å². The molecule has 2 aromatic carbocycles. The largest absolute Gasteiger partial charge is 0.481 e. The zero-order valence-corrected chi connectivity index (χ0v) is 18.5. The summed E-state index contributed by atoms with van der Waals surface area (Å²) in [7, 11) is 1.37. The lowest BCUT2D eigenvalue weighted by molar-refractivity contribution is -0.140. The van der Waals surface area contributed by atoms with E-state index in [1.165, 1.54) is 13.2 Å². The number of hydrogen-bond donors (Lipinski definition) is 3. The smallest absolute Gasteiger partial charge is 0.407 e. The monoisotopic (exact) mass is 452 g/mol. The second-order valence-corrected chi connectivity index (χ2v) is 7.75. The summed E-state index contributed by atoms with van der Waals surface area (Å²) in [5, 5.41) is 14.1. The quantitative estimate of drug-likeness (QED) is 0.452. The maximum atomic E-state index is 12.5. The van der Waals surface area contributed by atoms with Crippen molar-refractivity contribution in [3.8, 4) is 11.1 Å². The third-order valence-electron chi connectivity index (χ3n) is 5.59. The molecule has 0 aliphatic heterocycles. The third kappa shape index (κ3) is 5.98. The Morgan fingerprint density at radius 1 is 1.09 bits per heavy atom. The molecule has 0 fully saturated rings. The lowest BCUT2D eigenvalue weighted by Crippen LogP contribution is -2.48. The number of nitrogens with one attached hydrogen (secondary N) is 2. The molecule has 2 unspecified atom stereocenters. The average molecular weight is 453 g/mol. The predicted molar refractivity (Wildman–Crippen MR) is 123 cm³/mol. The van der Waals surface area contributed by atoms with Crippen LogP contribution in [0.1, 0.15) is 29.9 Å². The lowest BCUT2D eigenvalue weighted by Gasteiger charge is -2.20. The van der Waals surface area contributed by atoms with Crippen molar-refractivity contribution >= 4 is 18.0 Å². The molecular weight excluding hydrogens is 424 g/mol. The summed E-state index contributed by atoms with van der Waals surface area (Å²) in [4.78, 5) is 35.9. The van der Waals surface area contributed by atoms with E-state index in [0.717, 1.165) is 22.3 Å². The van der Waals surface area contributed by atoms with E-state index in [2.05, 4.69) is 29.3 Å². The van der Waals surface area contributed by atoms with Gasteiger partial charge in [-0.25, -0.2) is 4.79 Å². The van der Waals surface area contributed by atoms with E-state index in [0.29, 0.717) is 0 Å². The predicted octanol–water partition coefficient (Wildman–Crippen LogP) is 3.08. The minimum absolute atomic E-state index is 0.00163. The number of amides is 2. The molecule has 174 valence electrons. The fraction of sp³-hybridized carbons (Fsp3) is 0.320. The molecular formula is C25H28N2O6. The Morgan fingerprint density at radius 3 is 2.24 bits per heavy atom. The summed E-state index contributed by atoms with van der Waals surface area (Å²) in [6, 6.07) is 15.1. The molecule has 0 radical (unpaired) electrons. The number of carboxylic acid groups (broad SMARTS) is 1. The molecule has 0 saturated heterocycles. The van der Waals surface area contributed by atoms with Crippen LogP contribution in [0, 0.1) is 0 Å². The number of carbonyl (C=O) groups excluding carboxylic acids is 2. The summed E-state index contributed by atoms with van der Waals surface area (Å²) >= 11 is 0. The minimum Gasteiger partial charge on any atom is -0.481 e. The topological polar surface area (TPSA) is 114 Å². The fourth-order valence-electron chi connectivity index (χ4n) is 3.95. The molecule has 0 bridgehead atoms. The van der Waals surface area contributed by atoms with Crippen LogP contribution in [-0.4, -0.2) is 55.5 Å². The van der Waals surface area contributed by atoms with Crippen molar-refractivity contribution < 1.29 is 29.0 Å². The molecule has 0 aromatic heterocycles. The van der Waals surface area contributed by atoms with E-state index in [9.17, 15) is 14.4 Å². The fourth-order valence-corrected chi connectivity index (χ4v) is 3.95. The van der Waals surface area contributed by atoms with E-state index in [-0.39, 0.29) is 31.9 Å². The van der Waals surface area contributed by atoms with Crippen LogP contribution >= 0.6 is 0 Å². The second kappa shape index (κ2) is 11.3. The van der Waals surface area contributed by atoms with E-state index in [1.807, 2.05) is 36.4 Å². The number of ether oxygens (including phenoxy) is 2. The maximum Gasteiger partial charge on any atom is 0.407 e. The normalized spacial score (nSPS) is 13.8. The molecule has 0 spiro atoms. The van der Waals surface area contributed by atoms with Crippen LogP contribution in [0.15, 0.2) is 61.2 Å². The molecule has 0 saturated carbocycles. The number of aliphatic carboxylic acids is 1. The van der Waals surface area contributed by atoms with Crippen LogP contribution in [0.3, 0.4) is 0 Å². The first kappa shape index (κ1) is 24.0. The van der Waals surface area contributed by atoms with Crippen molar-refractivity contribution in [1.29, 1.82) is 0 Å². The molecule has 0 heterocycles. The molecule has 1 aliphatic rings. The highest BCUT2D eigenvalue weighted by Gasteiger charge is 2.29. The van der Waals surface area contributed by atoms with Gasteiger partial charge in [0.15, 0.2) is 0 Å². The minimum atomic E-state index is -1.03. The van der Waals surface area contributed by atoms with Crippen LogP contribution < -0.4 is 10.6 Å². The summed E-state index contributed by atoms with van der Waals surface area (Å²) in [5.74, 6) is -1.60. The van der Waals surface area contributed by atoms with Gasteiger partial charge in [-0.3, -0.25) is 9.59 Å². The van der Waals surface area contributed by atoms with Gasteiger partial charge < -0.3 is 25.2 Å². The molecule has 1 aliphatic carbocycles. The average Bonchev–Trinajstić information content (AvgIpc) is 3.13. The van der Waals surface area contributed by atoms with Crippen LogP contribution in [0.4, 0.5) is 4.79 Å². The Morgan fingerprint density at radius 2 is 1.70 bits per heavy atom. The number of rotatable bonds is 11. The molecule has 2 atom stereocenters. The first-order chi connectivity index (χ1) is 15.9. The molecule has 2 aromatic rings. The highest BCUT2D eigenvalue weighted by Crippen LogP contribution is 2.44. The Hall–Kier alpha value is -3.65. The van der Waals surface area contributed by atoms with Crippen molar-refractivity contribution in [3.05, 3.63) is 72.3 Å². The molecule has 33 heavy (non-hydrogen) atoms. The number of methoxy groups -OCH3 is 1. The van der Waals surface area contributed by atoms with Crippen molar-refractivity contribution in [2.45, 2.75) is 30.9 Å². The van der Waals surface area contributed by atoms with Gasteiger partial charge in [0.05, 0.1) is 12.5 Å². The molecule has 3 N–H and O–H groups in total. The zero-order chi connectivity index (χ0) is 23.8. The van der Waals surface area contributed by atoms with Crippen LogP contribution in [0.25, 0.3) is 11.1 Å². The number of hydrogen-bond acceptors (Lipinski definition) is 5. The van der Waals surface area contributed by atoms with Gasteiger partial charge in [-0.1, -0.05) is 54.6 Å². The SMILES string of the molecule is C=CCC(NC(=O)OCC1c2ccccc2-c2ccccc21)C(=O)NCC(CC(=O)O)OC. The van der Waals surface area contributed by atoms with Gasteiger partial charge in [-0.2, -0.15) is 0 Å². The highest BCUT2D eigenvalue weighted by atomic mass is 16.5. The Bertz CT molecular complexity index is 976. The Kier molecular flexibility index (Phi) is 8.21. The highest BCUT2D eigenvalue weighted by molar-refractivity contribution is 5.86. The summed E-state index contributed by atoms with van der Waals surface area (Å²) in [6.45, 7) is 3.76. The standard InChI is InChI=1S/C25H28N2O6/c1-3-8-22(24(30)26-14-16(32-2)13-23(28)29)27-25(31)33-15-21-19-11-6-4-9-17(19)18-10-5-7-12-20(18)21/h3-7,9-12,16,21-22H,1,8,13-15H2,2H3,(H,26,30)(H,27,31)(H,28,29). The second-order valence-electron chi connectivity index (χ2n) is 7.75. The van der Waals surface area contributed by atoms with E-state index >= 15 is 0 Å². The van der Waals surface area contributed by atoms with Crippen molar-refractivity contribution in [1.82, 2.24) is 10.6 Å². The first-order valence-corrected chi connectivity index (χ1v) is 10.7. The van der Waals surface area contributed by atoms with Crippen molar-refractivity contribution in [2.24, 2.45) is 0 Å². The van der Waals surface area contributed by atoms with E-state index < -0.39 is 30.1 Å². The van der Waals surface area contributed by atoms with Gasteiger partial charge in [-0.15, -0.1) is 6.58 Å². The zero-order valence-electron chi connectivity index (χ0n) is 18.5. The summed E-state index contributed by atoms with van der Waals surface area (Å²) in [5.41, 5.74) is 4.44. The first-order valence-electron chi connectivity index (χ1n) is 10.7. The van der Waals surface area contributed by atoms with E-state index in [4.69, 9.17) is 14.6 Å². The Labute approximate surface area is 192 Å².